The normalized spacial score (nSPS) is 10.0. The minimum atomic E-state index is -0.503. The molecule has 0 spiro atoms. The predicted molar refractivity (Wildman–Crippen MR) is 59.1 cm³/mol. The maximum atomic E-state index is 11.5. The quantitative estimate of drug-likeness (QED) is 0.515. The second kappa shape index (κ2) is 4.99. The van der Waals surface area contributed by atoms with E-state index in [1.54, 1.807) is 7.05 Å². The molecule has 0 aromatic heterocycles. The van der Waals surface area contributed by atoms with Crippen molar-refractivity contribution in [1.29, 1.82) is 0 Å². The molecule has 0 atom stereocenters. The Morgan fingerprint density at radius 3 is 2.73 bits per heavy atom. The van der Waals surface area contributed by atoms with E-state index >= 15 is 0 Å². The Bertz CT molecular complexity index is 406. The Balaban J connectivity index is 3.03. The first-order chi connectivity index (χ1) is 7.06. The second-order valence-corrected chi connectivity index (χ2v) is 3.73. The van der Waals surface area contributed by atoms with Crippen LogP contribution in [0.2, 0.25) is 0 Å². The van der Waals surface area contributed by atoms with Gasteiger partial charge in [-0.1, -0.05) is 0 Å². The summed E-state index contributed by atoms with van der Waals surface area (Å²) in [5.41, 5.74) is 0.401. The van der Waals surface area contributed by atoms with Crippen LogP contribution in [-0.4, -0.2) is 24.3 Å². The lowest BCUT2D eigenvalue weighted by Gasteiger charge is -2.02. The van der Waals surface area contributed by atoms with Gasteiger partial charge in [0.05, 0.1) is 11.5 Å². The van der Waals surface area contributed by atoms with Crippen LogP contribution in [0.25, 0.3) is 0 Å². The van der Waals surface area contributed by atoms with Crippen molar-refractivity contribution in [2.45, 2.75) is 0 Å². The summed E-state index contributed by atoms with van der Waals surface area (Å²) in [4.78, 5) is 21.4. The van der Waals surface area contributed by atoms with E-state index in [1.165, 1.54) is 18.2 Å². The molecule has 80 valence electrons. The lowest BCUT2D eigenvalue weighted by atomic mass is 10.1. The fourth-order valence-corrected chi connectivity index (χ4v) is 1.69. The third-order valence-corrected chi connectivity index (χ3v) is 2.46. The number of Topliss-reactive ketones (excluding diaryl/α,β-unsaturated/α-hetero) is 1. The molecule has 15 heavy (non-hydrogen) atoms. The van der Waals surface area contributed by atoms with Crippen molar-refractivity contribution in [2.75, 3.05) is 13.6 Å². The number of non-ortho nitro benzene ring substituents is 1. The monoisotopic (exact) mass is 272 g/mol. The van der Waals surface area contributed by atoms with Crippen LogP contribution in [0, 0.1) is 10.1 Å². The number of carbonyl (C=O) groups is 1. The molecule has 0 radical (unpaired) electrons. The number of benzene rings is 1. The molecule has 0 fully saturated rings. The van der Waals surface area contributed by atoms with E-state index in [2.05, 4.69) is 21.2 Å². The van der Waals surface area contributed by atoms with Crippen LogP contribution in [0.3, 0.4) is 0 Å². The number of nitro benzene ring substituents is 1. The number of hydrogen-bond donors (Lipinski definition) is 1. The van der Waals surface area contributed by atoms with Gasteiger partial charge in [-0.05, 0) is 29.0 Å². The summed E-state index contributed by atoms with van der Waals surface area (Å²) in [5, 5.41) is 13.2. The highest BCUT2D eigenvalue weighted by Crippen LogP contribution is 2.23. The van der Waals surface area contributed by atoms with Crippen LogP contribution >= 0.6 is 15.9 Å². The number of nitrogens with one attached hydrogen (secondary N) is 1. The molecule has 0 amide bonds. The van der Waals surface area contributed by atoms with Crippen LogP contribution in [0.4, 0.5) is 5.69 Å². The van der Waals surface area contributed by atoms with Crippen molar-refractivity contribution in [1.82, 2.24) is 5.32 Å². The highest BCUT2D eigenvalue weighted by molar-refractivity contribution is 9.10. The highest BCUT2D eigenvalue weighted by atomic mass is 79.9. The fourth-order valence-electron chi connectivity index (χ4n) is 1.10. The van der Waals surface area contributed by atoms with Gasteiger partial charge in [0.2, 0.25) is 0 Å². The topological polar surface area (TPSA) is 72.2 Å². The van der Waals surface area contributed by atoms with Gasteiger partial charge in [0.15, 0.2) is 5.78 Å². The third-order valence-electron chi connectivity index (χ3n) is 1.80. The fraction of sp³-hybridized carbons (Fsp3) is 0.222. The molecule has 5 nitrogen and oxygen atoms in total. The van der Waals surface area contributed by atoms with Crippen LogP contribution < -0.4 is 5.32 Å². The van der Waals surface area contributed by atoms with Gasteiger partial charge in [-0.25, -0.2) is 0 Å². The molecule has 0 unspecified atom stereocenters. The molecule has 1 aromatic carbocycles. The van der Waals surface area contributed by atoms with Crippen LogP contribution in [0.1, 0.15) is 10.4 Å². The van der Waals surface area contributed by atoms with E-state index in [9.17, 15) is 14.9 Å². The first-order valence-corrected chi connectivity index (χ1v) is 4.97. The summed E-state index contributed by atoms with van der Waals surface area (Å²) in [6, 6.07) is 4.08. The van der Waals surface area contributed by atoms with Crippen LogP contribution in [-0.2, 0) is 0 Å². The number of halogens is 1. The van der Waals surface area contributed by atoms with E-state index in [-0.39, 0.29) is 18.0 Å². The maximum Gasteiger partial charge on any atom is 0.270 e. The molecule has 1 rings (SSSR count). The molecular weight excluding hydrogens is 264 g/mol. The Kier molecular flexibility index (Phi) is 3.93. The lowest BCUT2D eigenvalue weighted by molar-refractivity contribution is -0.384. The zero-order valence-corrected chi connectivity index (χ0v) is 9.58. The minimum Gasteiger partial charge on any atom is -0.313 e. The van der Waals surface area contributed by atoms with Gasteiger partial charge >= 0.3 is 0 Å². The molecule has 0 saturated heterocycles. The van der Waals surface area contributed by atoms with Crippen molar-refractivity contribution in [3.8, 4) is 0 Å². The first kappa shape index (κ1) is 11.8. The minimum absolute atomic E-state index is 0.0390. The number of carbonyl (C=O) groups excluding carboxylic acids is 1. The number of nitro groups is 1. The lowest BCUT2D eigenvalue weighted by Crippen LogP contribution is -2.18. The predicted octanol–water partition coefficient (Wildman–Crippen LogP) is 1.76. The number of nitrogens with zero attached hydrogens (tertiary/aromatic N) is 1. The number of ketones is 1. The van der Waals surface area contributed by atoms with E-state index in [0.29, 0.717) is 10.0 Å². The van der Waals surface area contributed by atoms with Gasteiger partial charge in [0.25, 0.3) is 5.69 Å². The van der Waals surface area contributed by atoms with E-state index in [4.69, 9.17) is 0 Å². The summed E-state index contributed by atoms with van der Waals surface area (Å²) in [6.45, 7) is 0.205. The largest absolute Gasteiger partial charge is 0.313 e. The average molecular weight is 273 g/mol. The summed E-state index contributed by atoms with van der Waals surface area (Å²) in [5.74, 6) is -0.112. The van der Waals surface area contributed by atoms with Crippen molar-refractivity contribution >= 4 is 27.4 Å². The van der Waals surface area contributed by atoms with Crippen molar-refractivity contribution < 1.29 is 9.72 Å². The summed E-state index contributed by atoms with van der Waals surface area (Å²) in [7, 11) is 1.66. The van der Waals surface area contributed by atoms with Crippen LogP contribution in [0.15, 0.2) is 22.7 Å². The smallest absolute Gasteiger partial charge is 0.270 e. The molecule has 0 aliphatic rings. The molecule has 0 aliphatic heterocycles. The van der Waals surface area contributed by atoms with E-state index in [1.807, 2.05) is 0 Å². The molecule has 6 heteroatoms. The Morgan fingerprint density at radius 1 is 1.60 bits per heavy atom. The molecule has 0 heterocycles. The van der Waals surface area contributed by atoms with Crippen molar-refractivity contribution in [3.63, 3.8) is 0 Å². The van der Waals surface area contributed by atoms with Gasteiger partial charge in [0.1, 0.15) is 0 Å². The zero-order chi connectivity index (χ0) is 11.4. The average Bonchev–Trinajstić information content (AvgIpc) is 2.17. The summed E-state index contributed by atoms with van der Waals surface area (Å²) >= 11 is 3.13. The van der Waals surface area contributed by atoms with Gasteiger partial charge in [-0.2, -0.15) is 0 Å². The number of likely N-dealkylation sites (N-methyl/N-ethyl adjacent to an activating group) is 1. The molecule has 0 bridgehead atoms. The SMILES string of the molecule is CNCC(=O)c1ccc([N+](=O)[O-])cc1Br. The Morgan fingerprint density at radius 2 is 2.27 bits per heavy atom. The van der Waals surface area contributed by atoms with Crippen molar-refractivity contribution in [2.24, 2.45) is 0 Å². The van der Waals surface area contributed by atoms with E-state index < -0.39 is 4.92 Å². The zero-order valence-electron chi connectivity index (χ0n) is 7.99. The molecular formula is C9H9BrN2O3. The summed E-state index contributed by atoms with van der Waals surface area (Å²) in [6.07, 6.45) is 0. The molecule has 0 saturated carbocycles. The van der Waals surface area contributed by atoms with Gasteiger partial charge in [-0.15, -0.1) is 0 Å². The Hall–Kier alpha value is -1.27. The molecule has 0 aliphatic carbocycles. The van der Waals surface area contributed by atoms with Gasteiger partial charge in [0, 0.05) is 22.2 Å². The van der Waals surface area contributed by atoms with E-state index in [0.717, 1.165) is 0 Å². The number of rotatable bonds is 4. The maximum absolute atomic E-state index is 11.5. The molecule has 1 aromatic rings. The van der Waals surface area contributed by atoms with Gasteiger partial charge < -0.3 is 5.32 Å². The van der Waals surface area contributed by atoms with Gasteiger partial charge in [-0.3, -0.25) is 14.9 Å². The van der Waals surface area contributed by atoms with Crippen LogP contribution in [0.5, 0.6) is 0 Å². The first-order valence-electron chi connectivity index (χ1n) is 4.18. The second-order valence-electron chi connectivity index (χ2n) is 2.87. The van der Waals surface area contributed by atoms with Crippen molar-refractivity contribution in [3.05, 3.63) is 38.3 Å². The third kappa shape index (κ3) is 2.84. The highest BCUT2D eigenvalue weighted by Gasteiger charge is 2.13. The molecule has 1 N–H and O–H groups in total. The summed E-state index contributed by atoms with van der Waals surface area (Å²) < 4.78 is 0.442. The number of hydrogen-bond acceptors (Lipinski definition) is 4. The Labute approximate surface area is 94.8 Å². The standard InChI is InChI=1S/C9H9BrN2O3/c1-11-5-9(13)7-3-2-6(12(14)15)4-8(7)10/h2-4,11H,5H2,1H3.